The van der Waals surface area contributed by atoms with Gasteiger partial charge in [-0.05, 0) is 55.3 Å². The van der Waals surface area contributed by atoms with E-state index in [-0.39, 0.29) is 17.9 Å². The van der Waals surface area contributed by atoms with E-state index < -0.39 is 0 Å². The molecule has 25 heavy (non-hydrogen) atoms. The van der Waals surface area contributed by atoms with Gasteiger partial charge in [0.2, 0.25) is 0 Å². The van der Waals surface area contributed by atoms with Crippen LogP contribution in [0, 0.1) is 0 Å². The molecule has 3 rings (SSSR count). The average molecular weight is 358 g/mol. The summed E-state index contributed by atoms with van der Waals surface area (Å²) in [4.78, 5) is 26.7. The second-order valence-corrected chi connectivity index (χ2v) is 6.77. The van der Waals surface area contributed by atoms with Crippen LogP contribution in [0.25, 0.3) is 0 Å². The van der Waals surface area contributed by atoms with Gasteiger partial charge in [0.05, 0.1) is 5.56 Å². The third-order valence-electron chi connectivity index (χ3n) is 4.00. The summed E-state index contributed by atoms with van der Waals surface area (Å²) in [6.07, 6.45) is 2.05. The molecule has 1 aliphatic rings. The number of nitrogens with one attached hydrogen (secondary N) is 2. The van der Waals surface area contributed by atoms with Gasteiger partial charge in [0.25, 0.3) is 11.8 Å². The van der Waals surface area contributed by atoms with Crippen molar-refractivity contribution in [2.75, 3.05) is 24.3 Å². The van der Waals surface area contributed by atoms with Crippen molar-refractivity contribution in [3.05, 3.63) is 58.6 Å². The number of rotatable bonds is 5. The van der Waals surface area contributed by atoms with Crippen LogP contribution in [0.15, 0.2) is 42.5 Å². The van der Waals surface area contributed by atoms with Gasteiger partial charge in [0, 0.05) is 42.1 Å². The van der Waals surface area contributed by atoms with Gasteiger partial charge in [-0.1, -0.05) is 11.6 Å². The molecule has 2 aromatic rings. The first-order valence-electron chi connectivity index (χ1n) is 8.13. The van der Waals surface area contributed by atoms with Gasteiger partial charge in [0.15, 0.2) is 0 Å². The van der Waals surface area contributed by atoms with Crippen LogP contribution in [-0.4, -0.2) is 32.0 Å². The molecule has 2 N–H and O–H groups in total. The number of carbonyl (C=O) groups excluding carboxylic acids is 2. The molecule has 0 unspecified atom stereocenters. The third-order valence-corrected chi connectivity index (χ3v) is 4.25. The number of amides is 2. The lowest BCUT2D eigenvalue weighted by Gasteiger charge is -2.18. The molecular formula is C19H20ClN3O2. The van der Waals surface area contributed by atoms with Crippen molar-refractivity contribution in [3.8, 4) is 0 Å². The van der Waals surface area contributed by atoms with E-state index in [0.717, 1.165) is 18.5 Å². The Kier molecular flexibility index (Phi) is 4.95. The summed E-state index contributed by atoms with van der Waals surface area (Å²) in [7, 11) is 3.77. The van der Waals surface area contributed by atoms with Crippen LogP contribution in [-0.2, 0) is 0 Å². The van der Waals surface area contributed by atoms with E-state index in [4.69, 9.17) is 11.6 Å². The smallest absolute Gasteiger partial charge is 0.255 e. The fourth-order valence-corrected chi connectivity index (χ4v) is 2.61. The van der Waals surface area contributed by atoms with Crippen molar-refractivity contribution in [1.82, 2.24) is 5.32 Å². The van der Waals surface area contributed by atoms with Gasteiger partial charge in [-0.2, -0.15) is 0 Å². The van der Waals surface area contributed by atoms with Gasteiger partial charge in [-0.3, -0.25) is 9.59 Å². The summed E-state index contributed by atoms with van der Waals surface area (Å²) in [5.74, 6) is -0.364. The van der Waals surface area contributed by atoms with Crippen molar-refractivity contribution in [3.63, 3.8) is 0 Å². The van der Waals surface area contributed by atoms with Gasteiger partial charge in [-0.15, -0.1) is 0 Å². The zero-order valence-corrected chi connectivity index (χ0v) is 14.9. The molecule has 2 amide bonds. The van der Waals surface area contributed by atoms with Crippen LogP contribution < -0.4 is 15.5 Å². The highest BCUT2D eigenvalue weighted by molar-refractivity contribution is 6.30. The first kappa shape index (κ1) is 17.3. The Labute approximate surface area is 152 Å². The zero-order valence-electron chi connectivity index (χ0n) is 14.2. The van der Waals surface area contributed by atoms with Crippen molar-refractivity contribution >= 4 is 34.8 Å². The maximum atomic E-state index is 12.5. The molecule has 0 radical (unpaired) electrons. The molecule has 0 heterocycles. The van der Waals surface area contributed by atoms with Crippen LogP contribution in [0.1, 0.15) is 33.6 Å². The zero-order chi connectivity index (χ0) is 18.0. The molecule has 130 valence electrons. The number of nitrogens with zero attached hydrogens (tertiary/aromatic N) is 1. The predicted octanol–water partition coefficient (Wildman–Crippen LogP) is 3.55. The molecule has 1 saturated carbocycles. The first-order valence-corrected chi connectivity index (χ1v) is 8.51. The maximum absolute atomic E-state index is 12.5. The molecule has 1 fully saturated rings. The van der Waals surface area contributed by atoms with E-state index in [1.807, 2.05) is 25.1 Å². The van der Waals surface area contributed by atoms with Crippen molar-refractivity contribution in [2.45, 2.75) is 18.9 Å². The summed E-state index contributed by atoms with van der Waals surface area (Å²) in [6.45, 7) is 0. The van der Waals surface area contributed by atoms with Crippen molar-refractivity contribution in [2.24, 2.45) is 0 Å². The number of hydrogen-bond donors (Lipinski definition) is 2. The molecule has 0 spiro atoms. The minimum atomic E-state index is -0.247. The highest BCUT2D eigenvalue weighted by atomic mass is 35.5. The van der Waals surface area contributed by atoms with Gasteiger partial charge in [-0.25, -0.2) is 0 Å². The Morgan fingerprint density at radius 3 is 2.32 bits per heavy atom. The summed E-state index contributed by atoms with van der Waals surface area (Å²) in [6, 6.07) is 12.3. The van der Waals surface area contributed by atoms with E-state index in [0.29, 0.717) is 21.8 Å². The summed E-state index contributed by atoms with van der Waals surface area (Å²) < 4.78 is 0. The Bertz CT molecular complexity index is 799. The second-order valence-electron chi connectivity index (χ2n) is 6.34. The van der Waals surface area contributed by atoms with Crippen LogP contribution >= 0.6 is 11.6 Å². The molecule has 0 bridgehead atoms. The van der Waals surface area contributed by atoms with E-state index in [2.05, 4.69) is 10.6 Å². The Hall–Kier alpha value is -2.53. The van der Waals surface area contributed by atoms with Crippen molar-refractivity contribution in [1.29, 1.82) is 0 Å². The fourth-order valence-electron chi connectivity index (χ4n) is 2.48. The summed E-state index contributed by atoms with van der Waals surface area (Å²) in [5, 5.41) is 6.39. The van der Waals surface area contributed by atoms with E-state index in [1.165, 1.54) is 0 Å². The Morgan fingerprint density at radius 1 is 1.04 bits per heavy atom. The molecule has 5 nitrogen and oxygen atoms in total. The average Bonchev–Trinajstić information content (AvgIpc) is 3.39. The van der Waals surface area contributed by atoms with E-state index >= 15 is 0 Å². The third kappa shape index (κ3) is 4.31. The summed E-state index contributed by atoms with van der Waals surface area (Å²) in [5.41, 5.74) is 2.44. The molecule has 0 saturated heterocycles. The first-order chi connectivity index (χ1) is 11.9. The highest BCUT2D eigenvalue weighted by Crippen LogP contribution is 2.26. The fraction of sp³-hybridized carbons (Fsp3) is 0.263. The number of hydrogen-bond acceptors (Lipinski definition) is 3. The lowest BCUT2D eigenvalue weighted by Crippen LogP contribution is -2.27. The largest absolute Gasteiger partial charge is 0.377 e. The Balaban J connectivity index is 1.82. The molecular weight excluding hydrogens is 338 g/mol. The minimum absolute atomic E-state index is 0.117. The normalized spacial score (nSPS) is 13.2. The molecule has 6 heteroatoms. The van der Waals surface area contributed by atoms with Gasteiger partial charge < -0.3 is 15.5 Å². The van der Waals surface area contributed by atoms with Crippen molar-refractivity contribution < 1.29 is 9.59 Å². The topological polar surface area (TPSA) is 61.4 Å². The quantitative estimate of drug-likeness (QED) is 0.860. The van der Waals surface area contributed by atoms with Crippen LogP contribution in [0.2, 0.25) is 5.02 Å². The second kappa shape index (κ2) is 7.15. The lowest BCUT2D eigenvalue weighted by molar-refractivity contribution is 0.0950. The van der Waals surface area contributed by atoms with Crippen LogP contribution in [0.3, 0.4) is 0 Å². The highest BCUT2D eigenvalue weighted by Gasteiger charge is 2.25. The molecule has 1 aliphatic carbocycles. The molecule has 0 aliphatic heterocycles. The van der Waals surface area contributed by atoms with Gasteiger partial charge in [0.1, 0.15) is 0 Å². The molecule has 0 aromatic heterocycles. The lowest BCUT2D eigenvalue weighted by atomic mass is 10.1. The van der Waals surface area contributed by atoms with Gasteiger partial charge >= 0.3 is 0 Å². The van der Waals surface area contributed by atoms with E-state index in [1.54, 1.807) is 36.4 Å². The molecule has 2 aromatic carbocycles. The standard InChI is InChI=1S/C19H20ClN3O2/c1-23(2)17-10-9-15(11-16(17)19(25)21-14-7-8-14)22-18(24)12-3-5-13(20)6-4-12/h3-6,9-11,14H,7-8H2,1-2H3,(H,21,25)(H,22,24). The van der Waals surface area contributed by atoms with Crippen LogP contribution in [0.4, 0.5) is 11.4 Å². The summed E-state index contributed by atoms with van der Waals surface area (Å²) >= 11 is 5.84. The van der Waals surface area contributed by atoms with Crippen LogP contribution in [0.5, 0.6) is 0 Å². The number of halogens is 1. The minimum Gasteiger partial charge on any atom is -0.377 e. The SMILES string of the molecule is CN(C)c1ccc(NC(=O)c2ccc(Cl)cc2)cc1C(=O)NC1CC1. The number of benzene rings is 2. The maximum Gasteiger partial charge on any atom is 0.255 e. The van der Waals surface area contributed by atoms with E-state index in [9.17, 15) is 9.59 Å². The Morgan fingerprint density at radius 2 is 1.72 bits per heavy atom. The monoisotopic (exact) mass is 357 g/mol. The number of carbonyl (C=O) groups is 2. The number of anilines is 2. The molecule has 0 atom stereocenters. The predicted molar refractivity (Wildman–Crippen MR) is 101 cm³/mol.